The van der Waals surface area contributed by atoms with E-state index >= 15 is 0 Å². The molecule has 38 heavy (non-hydrogen) atoms. The quantitative estimate of drug-likeness (QED) is 0.283. The van der Waals surface area contributed by atoms with Crippen molar-refractivity contribution in [3.05, 3.63) is 106 Å². The molecule has 4 rings (SSSR count). The van der Waals surface area contributed by atoms with Crippen LogP contribution in [0.1, 0.15) is 52.6 Å². The van der Waals surface area contributed by atoms with Gasteiger partial charge in [0.1, 0.15) is 0 Å². The molecule has 4 aromatic rings. The first-order valence-electron chi connectivity index (χ1n) is 11.0. The maximum Gasteiger partial charge on any atom is 0.336 e. The highest BCUT2D eigenvalue weighted by atomic mass is 16.4. The van der Waals surface area contributed by atoms with Gasteiger partial charge < -0.3 is 20.8 Å². The van der Waals surface area contributed by atoms with E-state index in [1.807, 2.05) is 0 Å². The number of anilines is 2. The fraction of sp³-hybridized carbons (Fsp3) is 0. The third-order valence-corrected chi connectivity index (χ3v) is 5.64. The van der Waals surface area contributed by atoms with E-state index in [-0.39, 0.29) is 33.0 Å². The smallest absolute Gasteiger partial charge is 0.336 e. The summed E-state index contributed by atoms with van der Waals surface area (Å²) in [4.78, 5) is 50.1. The third kappa shape index (κ3) is 5.20. The Morgan fingerprint density at radius 2 is 0.947 bits per heavy atom. The molecular weight excluding hydrogens is 484 g/mol. The number of carboxylic acids is 2. The molecule has 0 atom stereocenters. The van der Waals surface area contributed by atoms with Crippen molar-refractivity contribution < 1.29 is 29.4 Å². The van der Waals surface area contributed by atoms with Gasteiger partial charge in [-0.3, -0.25) is 9.59 Å². The van der Waals surface area contributed by atoms with Crippen LogP contribution in [-0.2, 0) is 0 Å². The largest absolute Gasteiger partial charge is 0.478 e. The Bertz CT molecular complexity index is 1610. The molecule has 8 heteroatoms. The number of carboxylic acid groups (broad SMARTS) is 2. The summed E-state index contributed by atoms with van der Waals surface area (Å²) in [7, 11) is 0. The van der Waals surface area contributed by atoms with Crippen LogP contribution in [-0.4, -0.2) is 34.0 Å². The Balaban J connectivity index is 1.78. The number of terminal acetylenes is 2. The van der Waals surface area contributed by atoms with Crippen LogP contribution in [0, 0.1) is 24.7 Å². The van der Waals surface area contributed by atoms with E-state index in [1.54, 1.807) is 48.5 Å². The summed E-state index contributed by atoms with van der Waals surface area (Å²) in [6.45, 7) is 0. The molecule has 0 aliphatic heterocycles. The fourth-order valence-electron chi connectivity index (χ4n) is 3.85. The second kappa shape index (κ2) is 10.4. The Morgan fingerprint density at radius 1 is 0.579 bits per heavy atom. The molecule has 0 saturated carbocycles. The van der Waals surface area contributed by atoms with Crippen LogP contribution in [0.3, 0.4) is 0 Å². The molecule has 4 aromatic carbocycles. The van der Waals surface area contributed by atoms with Crippen LogP contribution < -0.4 is 10.6 Å². The zero-order valence-corrected chi connectivity index (χ0v) is 19.6. The summed E-state index contributed by atoms with van der Waals surface area (Å²) in [5.41, 5.74) is 0.679. The monoisotopic (exact) mass is 502 g/mol. The second-order valence-corrected chi connectivity index (χ2v) is 8.11. The minimum atomic E-state index is -1.38. The lowest BCUT2D eigenvalue weighted by Crippen LogP contribution is -2.18. The Labute approximate surface area is 216 Å². The number of hydrogen-bond donors (Lipinski definition) is 4. The summed E-state index contributed by atoms with van der Waals surface area (Å²) in [6, 6.07) is 17.8. The summed E-state index contributed by atoms with van der Waals surface area (Å²) in [5, 5.41) is 25.3. The van der Waals surface area contributed by atoms with Gasteiger partial charge in [0.15, 0.2) is 0 Å². The predicted molar refractivity (Wildman–Crippen MR) is 143 cm³/mol. The van der Waals surface area contributed by atoms with Gasteiger partial charge in [0.05, 0.1) is 22.3 Å². The summed E-state index contributed by atoms with van der Waals surface area (Å²) < 4.78 is 0. The maximum atomic E-state index is 13.0. The van der Waals surface area contributed by atoms with Gasteiger partial charge in [-0.15, -0.1) is 12.8 Å². The normalized spacial score (nSPS) is 10.2. The van der Waals surface area contributed by atoms with Crippen LogP contribution in [0.2, 0.25) is 0 Å². The highest BCUT2D eigenvalue weighted by Crippen LogP contribution is 2.27. The van der Waals surface area contributed by atoms with Crippen molar-refractivity contribution in [3.8, 4) is 24.7 Å². The van der Waals surface area contributed by atoms with Gasteiger partial charge in [-0.05, 0) is 71.4 Å². The molecule has 0 bridgehead atoms. The topological polar surface area (TPSA) is 133 Å². The lowest BCUT2D eigenvalue weighted by molar-refractivity contribution is 0.0683. The number of carbonyl (C=O) groups excluding carboxylic acids is 2. The molecule has 0 fully saturated rings. The van der Waals surface area contributed by atoms with E-state index in [0.717, 1.165) is 0 Å². The Kier molecular flexibility index (Phi) is 6.91. The number of rotatable bonds is 6. The summed E-state index contributed by atoms with van der Waals surface area (Å²) in [5.74, 6) is 0.664. The van der Waals surface area contributed by atoms with Crippen molar-refractivity contribution in [2.75, 3.05) is 10.6 Å². The first-order valence-corrected chi connectivity index (χ1v) is 11.0. The molecule has 8 nitrogen and oxygen atoms in total. The van der Waals surface area contributed by atoms with Crippen LogP contribution in [0.5, 0.6) is 0 Å². The average Bonchev–Trinajstić information content (AvgIpc) is 2.91. The number of fused-ring (bicyclic) bond motifs is 1. The lowest BCUT2D eigenvalue weighted by Gasteiger charge is -2.13. The number of amides is 2. The van der Waals surface area contributed by atoms with Gasteiger partial charge in [0.25, 0.3) is 11.8 Å². The van der Waals surface area contributed by atoms with E-state index in [0.29, 0.717) is 22.5 Å². The summed E-state index contributed by atoms with van der Waals surface area (Å²) in [6.07, 6.45) is 10.8. The number of carbonyl (C=O) groups is 4. The van der Waals surface area contributed by atoms with Crippen LogP contribution in [0.15, 0.2) is 72.8 Å². The zero-order chi connectivity index (χ0) is 27.4. The molecule has 184 valence electrons. The van der Waals surface area contributed by atoms with Crippen molar-refractivity contribution in [1.82, 2.24) is 0 Å². The zero-order valence-electron chi connectivity index (χ0n) is 19.6. The lowest BCUT2D eigenvalue weighted by atomic mass is 9.95. The Morgan fingerprint density at radius 3 is 1.29 bits per heavy atom. The van der Waals surface area contributed by atoms with E-state index in [2.05, 4.69) is 22.5 Å². The van der Waals surface area contributed by atoms with Gasteiger partial charge in [-0.1, -0.05) is 24.0 Å². The molecule has 0 aromatic heterocycles. The standard InChI is InChI=1S/C30H18N2O6/c1-3-17-7-5-9-21(11-17)31-27(33)23-13-19-16-26(30(37)38)24(14-20(19)15-25(23)29(35)36)28(34)32-22-10-6-8-18(4-2)12-22/h1-2,5-16H,(H,31,33)(H,32,34)(H,35,36)(H,37,38). The maximum absolute atomic E-state index is 13.0. The molecular formula is C30H18N2O6. The number of benzene rings is 4. The van der Waals surface area contributed by atoms with E-state index in [9.17, 15) is 29.4 Å². The van der Waals surface area contributed by atoms with Gasteiger partial charge in [0.2, 0.25) is 0 Å². The number of hydrogen-bond acceptors (Lipinski definition) is 4. The highest BCUT2D eigenvalue weighted by molar-refractivity contribution is 6.16. The molecule has 0 aliphatic carbocycles. The third-order valence-electron chi connectivity index (χ3n) is 5.64. The predicted octanol–water partition coefficient (Wildman–Crippen LogP) is 4.70. The number of nitrogens with one attached hydrogen (secondary N) is 2. The first kappa shape index (κ1) is 25.2. The molecule has 0 aliphatic rings. The molecule has 2 amide bonds. The van der Waals surface area contributed by atoms with Gasteiger partial charge in [0, 0.05) is 22.5 Å². The molecule has 4 N–H and O–H groups in total. The minimum absolute atomic E-state index is 0.198. The van der Waals surface area contributed by atoms with Crippen molar-refractivity contribution in [2.24, 2.45) is 0 Å². The van der Waals surface area contributed by atoms with E-state index < -0.39 is 23.8 Å². The number of aromatic carboxylic acids is 2. The van der Waals surface area contributed by atoms with Crippen LogP contribution >= 0.6 is 0 Å². The Hall–Kier alpha value is -5.86. The van der Waals surface area contributed by atoms with Crippen molar-refractivity contribution >= 4 is 45.9 Å². The molecule has 0 heterocycles. The van der Waals surface area contributed by atoms with Gasteiger partial charge >= 0.3 is 11.9 Å². The van der Waals surface area contributed by atoms with Gasteiger partial charge in [-0.2, -0.15) is 0 Å². The molecule has 0 saturated heterocycles. The second-order valence-electron chi connectivity index (χ2n) is 8.11. The van der Waals surface area contributed by atoms with E-state index in [4.69, 9.17) is 12.8 Å². The van der Waals surface area contributed by atoms with Crippen molar-refractivity contribution in [3.63, 3.8) is 0 Å². The van der Waals surface area contributed by atoms with Crippen LogP contribution in [0.25, 0.3) is 10.8 Å². The summed E-state index contributed by atoms with van der Waals surface area (Å²) >= 11 is 0. The molecule has 0 radical (unpaired) electrons. The SMILES string of the molecule is C#Cc1cccc(NC(=O)c2cc3cc(C(=O)O)c(C(=O)Nc4cccc(C#C)c4)cc3cc2C(=O)O)c1. The van der Waals surface area contributed by atoms with Crippen molar-refractivity contribution in [1.29, 1.82) is 0 Å². The molecule has 0 spiro atoms. The van der Waals surface area contributed by atoms with E-state index in [1.165, 1.54) is 24.3 Å². The van der Waals surface area contributed by atoms with Crippen LogP contribution in [0.4, 0.5) is 11.4 Å². The first-order chi connectivity index (χ1) is 18.2. The highest BCUT2D eigenvalue weighted by Gasteiger charge is 2.22. The van der Waals surface area contributed by atoms with Gasteiger partial charge in [-0.25, -0.2) is 9.59 Å². The average molecular weight is 502 g/mol. The van der Waals surface area contributed by atoms with Crippen molar-refractivity contribution in [2.45, 2.75) is 0 Å². The molecule has 0 unspecified atom stereocenters. The fourth-order valence-corrected chi connectivity index (χ4v) is 3.85. The minimum Gasteiger partial charge on any atom is -0.478 e.